The predicted octanol–water partition coefficient (Wildman–Crippen LogP) is 15.5. The molecule has 0 bridgehead atoms. The summed E-state index contributed by atoms with van der Waals surface area (Å²) < 4.78 is 34.7. The Morgan fingerprint density at radius 2 is 0.892 bits per heavy atom. The number of phosphoric acid groups is 1. The Morgan fingerprint density at radius 1 is 0.492 bits per heavy atom. The molecule has 0 fully saturated rings. The van der Waals surface area contributed by atoms with Crippen LogP contribution in [0, 0.1) is 0 Å². The van der Waals surface area contributed by atoms with Crippen LogP contribution in [-0.4, -0.2) is 70.7 Å². The van der Waals surface area contributed by atoms with Gasteiger partial charge in [0.2, 0.25) is 0 Å². The van der Waals surface area contributed by atoms with Gasteiger partial charge < -0.3 is 27.9 Å². The molecule has 0 spiro atoms. The van der Waals surface area contributed by atoms with Gasteiger partial charge in [-0.3, -0.25) is 9.36 Å². The van der Waals surface area contributed by atoms with E-state index in [0.717, 1.165) is 103 Å². The fraction of sp³-hybridized carbons (Fsp3) is 0.696. The van der Waals surface area contributed by atoms with Crippen molar-refractivity contribution in [3.63, 3.8) is 0 Å². The normalized spacial score (nSPS) is 14.4. The van der Waals surface area contributed by atoms with Crippen molar-refractivity contribution >= 4 is 13.8 Å². The van der Waals surface area contributed by atoms with Crippen molar-refractivity contribution in [2.24, 2.45) is 0 Å². The number of carbonyl (C=O) groups excluding carboxylic acids is 1. The lowest BCUT2D eigenvalue weighted by molar-refractivity contribution is -0.870. The standard InChI is InChI=1S/C56H98NO7P/c1-6-8-10-12-14-16-18-20-22-24-26-28-29-30-31-33-35-37-39-41-43-45-47-49-56(58)64-55(54-63-65(59,60)62-52-50-57(3,4)5)53-61-51-48-46-44-42-40-38-36-34-32-27-25-23-21-19-17-15-13-11-9-7-2/h9,11,15,17-18,20-21,23-24,26-27,29-30,32,36,38,55H,6-8,10,12-14,16,19,22,25,28,31,33-35,37,39-54H2,1-5H3/b11-9-,17-15-,20-18-,23-21-,26-24-,30-29-,32-27-,38-36-. The molecule has 374 valence electrons. The van der Waals surface area contributed by atoms with Crippen LogP contribution in [0.4, 0.5) is 0 Å². The Bertz CT molecular complexity index is 1360. The number of unbranched alkanes of at least 4 members (excludes halogenated alkanes) is 17. The molecule has 0 aliphatic heterocycles. The zero-order chi connectivity index (χ0) is 47.6. The first kappa shape index (κ1) is 62.4. The molecule has 0 aliphatic rings. The van der Waals surface area contributed by atoms with E-state index in [9.17, 15) is 14.3 Å². The van der Waals surface area contributed by atoms with E-state index in [1.165, 1.54) is 70.6 Å². The molecule has 0 radical (unpaired) electrons. The quantitative estimate of drug-likeness (QED) is 0.0197. The lowest BCUT2D eigenvalue weighted by Crippen LogP contribution is -2.37. The maximum absolute atomic E-state index is 12.8. The summed E-state index contributed by atoms with van der Waals surface area (Å²) in [5, 5.41) is 0. The van der Waals surface area contributed by atoms with Crippen LogP contribution in [0.1, 0.15) is 194 Å². The Kier molecular flexibility index (Phi) is 46.0. The molecule has 2 unspecified atom stereocenters. The maximum atomic E-state index is 12.8. The topological polar surface area (TPSA) is 94.1 Å². The molecular formula is C56H98NO7P. The van der Waals surface area contributed by atoms with Gasteiger partial charge in [-0.2, -0.15) is 0 Å². The van der Waals surface area contributed by atoms with E-state index in [2.05, 4.69) is 111 Å². The lowest BCUT2D eigenvalue weighted by atomic mass is 10.1. The number of esters is 1. The number of hydrogen-bond acceptors (Lipinski definition) is 7. The second-order valence-electron chi connectivity index (χ2n) is 18.1. The third-order valence-corrected chi connectivity index (χ3v) is 11.6. The molecule has 0 heterocycles. The number of nitrogens with zero attached hydrogens (tertiary/aromatic N) is 1. The van der Waals surface area contributed by atoms with E-state index in [0.29, 0.717) is 24.1 Å². The van der Waals surface area contributed by atoms with E-state index in [4.69, 9.17) is 18.5 Å². The molecular weight excluding hydrogens is 830 g/mol. The number of phosphoric ester groups is 1. The van der Waals surface area contributed by atoms with Crippen molar-refractivity contribution < 1.29 is 37.3 Å². The summed E-state index contributed by atoms with van der Waals surface area (Å²) in [6, 6.07) is 0. The Morgan fingerprint density at radius 3 is 1.34 bits per heavy atom. The Balaban J connectivity index is 4.24. The molecule has 0 aromatic rings. The fourth-order valence-corrected chi connectivity index (χ4v) is 7.37. The smallest absolute Gasteiger partial charge is 0.306 e. The molecule has 0 N–H and O–H groups in total. The largest absolute Gasteiger partial charge is 0.756 e. The van der Waals surface area contributed by atoms with E-state index < -0.39 is 13.9 Å². The first-order valence-corrected chi connectivity index (χ1v) is 27.4. The maximum Gasteiger partial charge on any atom is 0.306 e. The van der Waals surface area contributed by atoms with Crippen LogP contribution in [0.25, 0.3) is 0 Å². The third-order valence-electron chi connectivity index (χ3n) is 10.6. The molecule has 0 saturated heterocycles. The van der Waals surface area contributed by atoms with Gasteiger partial charge in [-0.25, -0.2) is 0 Å². The SMILES string of the molecule is CC/C=C\C/C=C\C/C=C\C/C=C\C/C=C\CCCCCCOCC(COP(=O)([O-])OCC[N+](C)(C)C)OC(=O)CCCCCCCCCC/C=C\C/C=C\C/C=C\CCCCCCC. The molecule has 65 heavy (non-hydrogen) atoms. The molecule has 0 amide bonds. The number of likely N-dealkylation sites (N-methyl/N-ethyl adjacent to an activating group) is 1. The van der Waals surface area contributed by atoms with Crippen molar-refractivity contribution in [3.05, 3.63) is 97.2 Å². The van der Waals surface area contributed by atoms with Crippen LogP contribution >= 0.6 is 7.82 Å². The molecule has 8 nitrogen and oxygen atoms in total. The van der Waals surface area contributed by atoms with Gasteiger partial charge in [0, 0.05) is 13.0 Å². The van der Waals surface area contributed by atoms with Gasteiger partial charge in [0.15, 0.2) is 0 Å². The minimum absolute atomic E-state index is 0.0135. The van der Waals surface area contributed by atoms with E-state index in [1.807, 2.05) is 21.1 Å². The average Bonchev–Trinajstić information content (AvgIpc) is 3.27. The fourth-order valence-electron chi connectivity index (χ4n) is 6.64. The van der Waals surface area contributed by atoms with Crippen LogP contribution < -0.4 is 4.89 Å². The summed E-state index contributed by atoms with van der Waals surface area (Å²) in [6.07, 6.45) is 65.7. The third kappa shape index (κ3) is 52.3. The van der Waals surface area contributed by atoms with E-state index in [-0.39, 0.29) is 25.8 Å². The zero-order valence-corrected chi connectivity index (χ0v) is 43.3. The van der Waals surface area contributed by atoms with E-state index >= 15 is 0 Å². The molecule has 0 aliphatic carbocycles. The summed E-state index contributed by atoms with van der Waals surface area (Å²) in [7, 11) is 1.32. The van der Waals surface area contributed by atoms with Crippen molar-refractivity contribution in [1.29, 1.82) is 0 Å². The van der Waals surface area contributed by atoms with Crippen LogP contribution in [0.5, 0.6) is 0 Å². The van der Waals surface area contributed by atoms with E-state index in [1.54, 1.807) is 0 Å². The molecule has 0 saturated carbocycles. The van der Waals surface area contributed by atoms with Gasteiger partial charge >= 0.3 is 5.97 Å². The van der Waals surface area contributed by atoms with Crippen LogP contribution in [-0.2, 0) is 27.9 Å². The zero-order valence-electron chi connectivity index (χ0n) is 42.4. The van der Waals surface area contributed by atoms with Crippen molar-refractivity contribution in [1.82, 2.24) is 0 Å². The molecule has 0 aromatic carbocycles. The highest BCUT2D eigenvalue weighted by Gasteiger charge is 2.20. The number of quaternary nitrogens is 1. The summed E-state index contributed by atoms with van der Waals surface area (Å²) >= 11 is 0. The van der Waals surface area contributed by atoms with Gasteiger partial charge in [-0.1, -0.05) is 188 Å². The van der Waals surface area contributed by atoms with Crippen LogP contribution in [0.2, 0.25) is 0 Å². The lowest BCUT2D eigenvalue weighted by Gasteiger charge is -2.28. The predicted molar refractivity (Wildman–Crippen MR) is 277 cm³/mol. The highest BCUT2D eigenvalue weighted by Crippen LogP contribution is 2.38. The first-order chi connectivity index (χ1) is 31.6. The van der Waals surface area contributed by atoms with Gasteiger partial charge in [-0.15, -0.1) is 0 Å². The van der Waals surface area contributed by atoms with Crippen molar-refractivity contribution in [3.8, 4) is 0 Å². The molecule has 0 aromatic heterocycles. The monoisotopic (exact) mass is 928 g/mol. The molecule has 9 heteroatoms. The minimum atomic E-state index is -4.55. The number of ether oxygens (including phenoxy) is 2. The highest BCUT2D eigenvalue weighted by atomic mass is 31.2. The number of rotatable bonds is 47. The summed E-state index contributed by atoms with van der Waals surface area (Å²) in [5.74, 6) is -0.354. The van der Waals surface area contributed by atoms with Crippen molar-refractivity contribution in [2.75, 3.05) is 54.1 Å². The van der Waals surface area contributed by atoms with Gasteiger partial charge in [0.05, 0.1) is 34.4 Å². The van der Waals surface area contributed by atoms with Gasteiger partial charge in [0.25, 0.3) is 7.82 Å². The summed E-state index contributed by atoms with van der Waals surface area (Å²) in [5.41, 5.74) is 0. The summed E-state index contributed by atoms with van der Waals surface area (Å²) in [4.78, 5) is 25.2. The molecule has 0 rings (SSSR count). The number of allylic oxidation sites excluding steroid dienone is 16. The van der Waals surface area contributed by atoms with Gasteiger partial charge in [0.1, 0.15) is 19.3 Å². The second-order valence-corrected chi connectivity index (χ2v) is 19.6. The minimum Gasteiger partial charge on any atom is -0.756 e. The number of carbonyl (C=O) groups is 1. The highest BCUT2D eigenvalue weighted by molar-refractivity contribution is 7.45. The second kappa shape index (κ2) is 47.9. The Hall–Kier alpha value is -2.58. The summed E-state index contributed by atoms with van der Waals surface area (Å²) in [6.45, 7) is 5.20. The van der Waals surface area contributed by atoms with Crippen molar-refractivity contribution in [2.45, 2.75) is 200 Å². The van der Waals surface area contributed by atoms with Crippen LogP contribution in [0.15, 0.2) is 97.2 Å². The Labute approximate surface area is 400 Å². The number of hydrogen-bond donors (Lipinski definition) is 0. The molecule has 2 atom stereocenters. The van der Waals surface area contributed by atoms with Crippen LogP contribution in [0.3, 0.4) is 0 Å². The van der Waals surface area contributed by atoms with Gasteiger partial charge in [-0.05, 0) is 96.3 Å². The average molecular weight is 928 g/mol. The first-order valence-electron chi connectivity index (χ1n) is 26.0.